The van der Waals surface area contributed by atoms with Crippen LogP contribution < -0.4 is 0 Å². The number of aliphatic hydroxyl groups excluding tert-OH is 1. The molecule has 132 valence electrons. The lowest BCUT2D eigenvalue weighted by Crippen LogP contribution is -2.53. The lowest BCUT2D eigenvalue weighted by atomic mass is 9.93. The molecule has 0 radical (unpaired) electrons. The van der Waals surface area contributed by atoms with E-state index < -0.39 is 0 Å². The van der Waals surface area contributed by atoms with Gasteiger partial charge in [0.25, 0.3) is 5.91 Å². The summed E-state index contributed by atoms with van der Waals surface area (Å²) in [6, 6.07) is 7.32. The van der Waals surface area contributed by atoms with E-state index in [4.69, 9.17) is 4.74 Å². The second-order valence-electron chi connectivity index (χ2n) is 6.71. The van der Waals surface area contributed by atoms with Crippen molar-refractivity contribution in [3.8, 4) is 11.4 Å². The van der Waals surface area contributed by atoms with Crippen molar-refractivity contribution in [1.82, 2.24) is 20.1 Å². The highest BCUT2D eigenvalue weighted by Crippen LogP contribution is 2.33. The molecule has 7 heteroatoms. The predicted octanol–water partition coefficient (Wildman–Crippen LogP) is 1.47. The summed E-state index contributed by atoms with van der Waals surface area (Å²) in [5.74, 6) is 0.784. The van der Waals surface area contributed by atoms with Crippen molar-refractivity contribution in [3.63, 3.8) is 0 Å². The van der Waals surface area contributed by atoms with Gasteiger partial charge in [0, 0.05) is 23.6 Å². The number of ether oxygens (including phenoxy) is 1. The second kappa shape index (κ2) is 6.93. The lowest BCUT2D eigenvalue weighted by Gasteiger charge is -2.40. The van der Waals surface area contributed by atoms with Crippen molar-refractivity contribution in [1.29, 1.82) is 0 Å². The number of carbonyl (C=O) groups excluding carboxylic acids is 1. The topological polar surface area (TPSA) is 91.3 Å². The maximum Gasteiger partial charge on any atom is 0.254 e. The van der Waals surface area contributed by atoms with Gasteiger partial charge < -0.3 is 14.7 Å². The number of rotatable bonds is 3. The van der Waals surface area contributed by atoms with E-state index in [9.17, 15) is 9.90 Å². The molecule has 4 rings (SSSR count). The van der Waals surface area contributed by atoms with Crippen LogP contribution in [0.1, 0.15) is 29.6 Å². The van der Waals surface area contributed by atoms with Crippen LogP contribution in [0, 0.1) is 5.92 Å². The van der Waals surface area contributed by atoms with E-state index in [1.165, 1.54) is 6.33 Å². The minimum atomic E-state index is -0.337. The molecular weight excluding hydrogens is 320 g/mol. The number of nitrogens with zero attached hydrogens (tertiary/aromatic N) is 3. The average molecular weight is 342 g/mol. The molecule has 1 saturated heterocycles. The summed E-state index contributed by atoms with van der Waals surface area (Å²) in [6.07, 6.45) is 3.89. The Morgan fingerprint density at radius 3 is 2.80 bits per heavy atom. The summed E-state index contributed by atoms with van der Waals surface area (Å²) in [5.41, 5.74) is 1.53. The molecule has 0 unspecified atom stereocenters. The van der Waals surface area contributed by atoms with Crippen LogP contribution in [0.15, 0.2) is 30.6 Å². The number of H-pyrrole nitrogens is 1. The van der Waals surface area contributed by atoms with Crippen LogP contribution in [-0.2, 0) is 4.74 Å². The predicted molar refractivity (Wildman–Crippen MR) is 90.8 cm³/mol. The second-order valence-corrected chi connectivity index (χ2v) is 6.71. The molecule has 1 amide bonds. The number of hydrogen-bond donors (Lipinski definition) is 2. The number of carbonyl (C=O) groups is 1. The molecular formula is C18H22N4O3. The van der Waals surface area contributed by atoms with Gasteiger partial charge in [-0.25, -0.2) is 4.98 Å². The molecule has 1 aliphatic heterocycles. The van der Waals surface area contributed by atoms with E-state index in [1.807, 2.05) is 29.2 Å². The van der Waals surface area contributed by atoms with Crippen molar-refractivity contribution in [2.45, 2.75) is 31.4 Å². The lowest BCUT2D eigenvalue weighted by molar-refractivity contribution is -0.0383. The maximum absolute atomic E-state index is 13.0. The van der Waals surface area contributed by atoms with Crippen molar-refractivity contribution < 1.29 is 14.6 Å². The standard InChI is InChI=1S/C18H22N4O3/c23-16-3-1-2-14(16)15-10-25-9-8-22(15)18(24)13-6-4-12(5-7-13)17-19-11-20-21-17/h4-7,11,14-16,23H,1-3,8-10H2,(H,19,20,21)/t14-,15-,16-/m1/s1. The summed E-state index contributed by atoms with van der Waals surface area (Å²) in [5, 5.41) is 16.9. The van der Waals surface area contributed by atoms with Gasteiger partial charge in [0.1, 0.15) is 6.33 Å². The van der Waals surface area contributed by atoms with Gasteiger partial charge in [-0.15, -0.1) is 0 Å². The van der Waals surface area contributed by atoms with E-state index >= 15 is 0 Å². The summed E-state index contributed by atoms with van der Waals surface area (Å²) >= 11 is 0. The van der Waals surface area contributed by atoms with Gasteiger partial charge in [-0.2, -0.15) is 5.10 Å². The number of aliphatic hydroxyl groups is 1. The fourth-order valence-electron chi connectivity index (χ4n) is 3.93. The molecule has 1 saturated carbocycles. The van der Waals surface area contributed by atoms with Crippen molar-refractivity contribution in [2.24, 2.45) is 5.92 Å². The summed E-state index contributed by atoms with van der Waals surface area (Å²) in [6.45, 7) is 1.61. The molecule has 1 aromatic carbocycles. The van der Waals surface area contributed by atoms with Gasteiger partial charge in [0.05, 0.1) is 25.4 Å². The third kappa shape index (κ3) is 3.17. The van der Waals surface area contributed by atoms with Crippen LogP contribution in [0.2, 0.25) is 0 Å². The number of hydrogen-bond acceptors (Lipinski definition) is 5. The van der Waals surface area contributed by atoms with Crippen molar-refractivity contribution in [2.75, 3.05) is 19.8 Å². The van der Waals surface area contributed by atoms with Gasteiger partial charge in [-0.3, -0.25) is 9.89 Å². The zero-order chi connectivity index (χ0) is 17.2. The average Bonchev–Trinajstić information content (AvgIpc) is 3.33. The van der Waals surface area contributed by atoms with E-state index in [0.29, 0.717) is 31.1 Å². The largest absolute Gasteiger partial charge is 0.393 e. The number of amides is 1. The molecule has 7 nitrogen and oxygen atoms in total. The number of morpholine rings is 1. The molecule has 2 fully saturated rings. The molecule has 25 heavy (non-hydrogen) atoms. The van der Waals surface area contributed by atoms with E-state index in [1.54, 1.807) is 0 Å². The SMILES string of the molecule is O=C(c1ccc(-c2ncn[nH]2)cc1)N1CCOC[C@@H]1[C@H]1CCC[C@H]1O. The maximum atomic E-state index is 13.0. The Morgan fingerprint density at radius 1 is 1.28 bits per heavy atom. The Hall–Kier alpha value is -2.25. The fourth-order valence-corrected chi connectivity index (χ4v) is 3.93. The molecule has 2 aliphatic rings. The van der Waals surface area contributed by atoms with Crippen molar-refractivity contribution in [3.05, 3.63) is 36.2 Å². The first-order chi connectivity index (χ1) is 12.2. The van der Waals surface area contributed by atoms with Crippen LogP contribution in [0.4, 0.5) is 0 Å². The van der Waals surface area contributed by atoms with E-state index in [0.717, 1.165) is 24.8 Å². The Kier molecular flexibility index (Phi) is 4.50. The molecule has 0 bridgehead atoms. The fraction of sp³-hybridized carbons (Fsp3) is 0.500. The van der Waals surface area contributed by atoms with Gasteiger partial charge >= 0.3 is 0 Å². The number of benzene rings is 1. The Morgan fingerprint density at radius 2 is 2.12 bits per heavy atom. The van der Waals surface area contributed by atoms with Crippen molar-refractivity contribution >= 4 is 5.91 Å². The molecule has 2 N–H and O–H groups in total. The van der Waals surface area contributed by atoms with Gasteiger partial charge in [-0.1, -0.05) is 18.6 Å². The Balaban J connectivity index is 1.54. The highest BCUT2D eigenvalue weighted by atomic mass is 16.5. The molecule has 0 spiro atoms. The van der Waals surface area contributed by atoms with Crippen LogP contribution in [-0.4, -0.2) is 63.0 Å². The number of nitrogens with one attached hydrogen (secondary N) is 1. The minimum absolute atomic E-state index is 0.00322. The van der Waals surface area contributed by atoms with Gasteiger partial charge in [-0.05, 0) is 25.0 Å². The molecule has 1 aliphatic carbocycles. The zero-order valence-corrected chi connectivity index (χ0v) is 14.0. The highest BCUT2D eigenvalue weighted by molar-refractivity contribution is 5.95. The number of aromatic nitrogens is 3. The third-order valence-electron chi connectivity index (χ3n) is 5.27. The molecule has 1 aromatic heterocycles. The smallest absolute Gasteiger partial charge is 0.254 e. The number of aromatic amines is 1. The molecule has 3 atom stereocenters. The molecule has 2 aromatic rings. The minimum Gasteiger partial charge on any atom is -0.393 e. The summed E-state index contributed by atoms with van der Waals surface area (Å²) in [7, 11) is 0. The third-order valence-corrected chi connectivity index (χ3v) is 5.27. The Labute approximate surface area is 146 Å². The normalized spacial score (nSPS) is 26.8. The first kappa shape index (κ1) is 16.2. The van der Waals surface area contributed by atoms with Gasteiger partial charge in [0.15, 0.2) is 5.82 Å². The van der Waals surface area contributed by atoms with Crippen LogP contribution in [0.25, 0.3) is 11.4 Å². The summed E-state index contributed by atoms with van der Waals surface area (Å²) < 4.78 is 5.60. The first-order valence-electron chi connectivity index (χ1n) is 8.76. The summed E-state index contributed by atoms with van der Waals surface area (Å²) in [4.78, 5) is 19.0. The molecule has 2 heterocycles. The first-order valence-corrected chi connectivity index (χ1v) is 8.76. The monoisotopic (exact) mass is 342 g/mol. The van der Waals surface area contributed by atoms with Crippen LogP contribution in [0.3, 0.4) is 0 Å². The van der Waals surface area contributed by atoms with Crippen LogP contribution >= 0.6 is 0 Å². The quantitative estimate of drug-likeness (QED) is 0.881. The zero-order valence-electron chi connectivity index (χ0n) is 14.0. The highest BCUT2D eigenvalue weighted by Gasteiger charge is 2.39. The van der Waals surface area contributed by atoms with E-state index in [-0.39, 0.29) is 24.0 Å². The van der Waals surface area contributed by atoms with E-state index in [2.05, 4.69) is 15.2 Å². The van der Waals surface area contributed by atoms with Crippen LogP contribution in [0.5, 0.6) is 0 Å². The van der Waals surface area contributed by atoms with Gasteiger partial charge in [0.2, 0.25) is 0 Å². The Bertz CT molecular complexity index is 716.